The van der Waals surface area contributed by atoms with Crippen molar-refractivity contribution in [3.63, 3.8) is 0 Å². The average Bonchev–Trinajstić information content (AvgIpc) is 3.20. The van der Waals surface area contributed by atoms with Crippen molar-refractivity contribution in [1.29, 1.82) is 0 Å². The molecule has 0 aliphatic carbocycles. The number of aliphatic hydroxyl groups excluding tert-OH is 2. The zero-order chi connectivity index (χ0) is 47.9. The van der Waals surface area contributed by atoms with Gasteiger partial charge in [0.15, 0.2) is 0 Å². The molecule has 0 aromatic carbocycles. The van der Waals surface area contributed by atoms with E-state index in [1.165, 1.54) is 0 Å². The fourth-order valence-electron chi connectivity index (χ4n) is 5.08. The SMILES string of the molecule is CC[C@H](C)[C@H](NC(=O)[C@@H](N)CO)C(=O)N[C@@H](CCC(=O)O)C(=O)N[C@@H](CCC(N)=O)C(=O)N[C@@H](CS)C(=O)N[C@@H](CO)C(=O)N[C@@H](CC(=O)O)C(=O)N[C@@H](CCC(N)=O)C(=O)O. The summed E-state index contributed by atoms with van der Waals surface area (Å²) in [5.41, 5.74) is 15.8. The van der Waals surface area contributed by atoms with Gasteiger partial charge in [-0.1, -0.05) is 20.3 Å². The second-order valence-corrected chi connectivity index (χ2v) is 14.1. The number of carboxylic acid groups (broad SMARTS) is 3. The van der Waals surface area contributed by atoms with E-state index < -0.39 is 189 Å². The molecule has 0 rings (SSSR count). The molecule has 18 N–H and O–H groups in total. The van der Waals surface area contributed by atoms with Crippen LogP contribution < -0.4 is 54.4 Å². The number of carboxylic acids is 3. The van der Waals surface area contributed by atoms with Crippen molar-refractivity contribution < 1.29 is 83.1 Å². The van der Waals surface area contributed by atoms with Crippen LogP contribution in [0, 0.1) is 5.92 Å². The van der Waals surface area contributed by atoms with Gasteiger partial charge in [-0.2, -0.15) is 12.6 Å². The maximum atomic E-state index is 13.6. The first kappa shape index (κ1) is 55.9. The largest absolute Gasteiger partial charge is 0.481 e. The number of carbonyl (C=O) groups excluding carboxylic acids is 9. The minimum atomic E-state index is -1.98. The van der Waals surface area contributed by atoms with Crippen LogP contribution >= 0.6 is 12.6 Å². The summed E-state index contributed by atoms with van der Waals surface area (Å²) in [5.74, 6) is -15.7. The monoisotopic (exact) mass is 908 g/mol. The maximum Gasteiger partial charge on any atom is 0.326 e. The molecule has 350 valence electrons. The lowest BCUT2D eigenvalue weighted by molar-refractivity contribution is -0.144. The molecule has 0 aromatic rings. The van der Waals surface area contributed by atoms with Gasteiger partial charge in [-0.05, 0) is 25.2 Å². The molecule has 28 heteroatoms. The molecule has 0 bridgehead atoms. The zero-order valence-corrected chi connectivity index (χ0v) is 34.7. The summed E-state index contributed by atoms with van der Waals surface area (Å²) in [5, 5.41) is 62.2. The van der Waals surface area contributed by atoms with Crippen molar-refractivity contribution >= 4 is 83.7 Å². The van der Waals surface area contributed by atoms with Crippen LogP contribution in [0.2, 0.25) is 0 Å². The standard InChI is InChI=1S/C34H56N10O17S/c1-3-14(2)26(44-27(53)15(35)11-45)33(59)39-17(6-9-24(49)50)28(54)38-16(4-7-22(36)47)29(55)43-21(13-62)32(58)42-20(12-46)31(57)41-19(10-25(51)52)30(56)40-18(34(60)61)5-8-23(37)48/h14-21,26,45-46,62H,3-13,35H2,1-2H3,(H2,36,47)(H2,37,48)(H,38,54)(H,39,59)(H,40,56)(H,41,57)(H,42,58)(H,43,55)(H,44,53)(H,49,50)(H,51,52)(H,60,61)/t14-,15-,16-,17-,18-,19-,20-,21-,26-/m0/s1. The molecule has 27 nitrogen and oxygen atoms in total. The van der Waals surface area contributed by atoms with E-state index in [4.69, 9.17) is 17.2 Å². The van der Waals surface area contributed by atoms with Crippen LogP contribution in [-0.4, -0.2) is 164 Å². The quantitative estimate of drug-likeness (QED) is 0.0287. The van der Waals surface area contributed by atoms with Crippen molar-refractivity contribution in [2.45, 2.75) is 114 Å². The van der Waals surface area contributed by atoms with Crippen LogP contribution in [0.15, 0.2) is 0 Å². The van der Waals surface area contributed by atoms with Crippen LogP contribution in [0.4, 0.5) is 0 Å². The Labute approximate surface area is 359 Å². The molecule has 0 radical (unpaired) electrons. The fourth-order valence-corrected chi connectivity index (χ4v) is 5.33. The Morgan fingerprint density at radius 2 is 0.919 bits per heavy atom. The van der Waals surface area contributed by atoms with Crippen LogP contribution in [0.5, 0.6) is 0 Å². The third-order valence-corrected chi connectivity index (χ3v) is 9.22. The zero-order valence-electron chi connectivity index (χ0n) is 33.8. The van der Waals surface area contributed by atoms with Crippen molar-refractivity contribution in [2.24, 2.45) is 23.1 Å². The second kappa shape index (κ2) is 28.4. The molecule has 9 atom stereocenters. The Morgan fingerprint density at radius 1 is 0.516 bits per heavy atom. The van der Waals surface area contributed by atoms with Crippen LogP contribution in [-0.2, 0) is 57.5 Å². The molecule has 0 aliphatic rings. The summed E-state index contributed by atoms with van der Waals surface area (Å²) in [6.45, 7) is 1.30. The predicted molar refractivity (Wildman–Crippen MR) is 213 cm³/mol. The number of thiol groups is 1. The molecule has 0 heterocycles. The van der Waals surface area contributed by atoms with E-state index in [-0.39, 0.29) is 0 Å². The van der Waals surface area contributed by atoms with E-state index >= 15 is 0 Å². The molecule has 0 unspecified atom stereocenters. The van der Waals surface area contributed by atoms with Crippen molar-refractivity contribution in [2.75, 3.05) is 19.0 Å². The number of primary amides is 2. The first-order valence-corrected chi connectivity index (χ1v) is 19.5. The first-order valence-electron chi connectivity index (χ1n) is 18.9. The lowest BCUT2D eigenvalue weighted by Gasteiger charge is -2.28. The van der Waals surface area contributed by atoms with E-state index in [9.17, 15) is 83.1 Å². The lowest BCUT2D eigenvalue weighted by atomic mass is 9.97. The van der Waals surface area contributed by atoms with E-state index in [1.807, 2.05) is 10.6 Å². The Balaban J connectivity index is 6.27. The molecule has 0 saturated heterocycles. The van der Waals surface area contributed by atoms with Gasteiger partial charge in [0, 0.05) is 25.0 Å². The highest BCUT2D eigenvalue weighted by Crippen LogP contribution is 2.11. The third kappa shape index (κ3) is 20.9. The van der Waals surface area contributed by atoms with E-state index in [1.54, 1.807) is 13.8 Å². The van der Waals surface area contributed by atoms with Gasteiger partial charge in [-0.3, -0.25) is 52.7 Å². The number of aliphatic hydroxyl groups is 2. The van der Waals surface area contributed by atoms with Gasteiger partial charge in [-0.25, -0.2) is 4.79 Å². The third-order valence-electron chi connectivity index (χ3n) is 8.86. The number of carbonyl (C=O) groups is 12. The molecule has 0 fully saturated rings. The fraction of sp³-hybridized carbons (Fsp3) is 0.647. The maximum absolute atomic E-state index is 13.6. The van der Waals surface area contributed by atoms with Gasteiger partial charge in [-0.15, -0.1) is 0 Å². The molecule has 9 amide bonds. The topological polar surface area (TPSA) is 468 Å². The summed E-state index contributed by atoms with van der Waals surface area (Å²) < 4.78 is 0. The summed E-state index contributed by atoms with van der Waals surface area (Å²) in [4.78, 5) is 149. The predicted octanol–water partition coefficient (Wildman–Crippen LogP) is -7.38. The number of hydrogen-bond acceptors (Lipinski definition) is 16. The molecular formula is C34H56N10O17S. The minimum Gasteiger partial charge on any atom is -0.481 e. The van der Waals surface area contributed by atoms with Gasteiger partial charge in [0.25, 0.3) is 0 Å². The highest BCUT2D eigenvalue weighted by molar-refractivity contribution is 7.80. The van der Waals surface area contributed by atoms with Gasteiger partial charge in [0.1, 0.15) is 48.3 Å². The van der Waals surface area contributed by atoms with Gasteiger partial charge < -0.3 is 80.0 Å². The number of amides is 9. The summed E-state index contributed by atoms with van der Waals surface area (Å²) in [7, 11) is 0. The lowest BCUT2D eigenvalue weighted by Crippen LogP contribution is -2.61. The van der Waals surface area contributed by atoms with Crippen molar-refractivity contribution in [3.05, 3.63) is 0 Å². The highest BCUT2D eigenvalue weighted by atomic mass is 32.1. The minimum absolute atomic E-state index is 0.315. The van der Waals surface area contributed by atoms with Gasteiger partial charge in [0.2, 0.25) is 53.2 Å². The smallest absolute Gasteiger partial charge is 0.326 e. The number of hydrogen-bond donors (Lipinski definition) is 16. The highest BCUT2D eigenvalue weighted by Gasteiger charge is 2.35. The van der Waals surface area contributed by atoms with Crippen molar-refractivity contribution in [1.82, 2.24) is 37.2 Å². The second-order valence-electron chi connectivity index (χ2n) is 13.8. The summed E-state index contributed by atoms with van der Waals surface area (Å²) >= 11 is 4.01. The summed E-state index contributed by atoms with van der Waals surface area (Å²) in [6.07, 6.45) is -4.06. The number of nitrogens with two attached hydrogens (primary N) is 3. The Bertz CT molecular complexity index is 1650. The molecule has 0 spiro atoms. The number of rotatable bonds is 31. The van der Waals surface area contributed by atoms with Crippen LogP contribution in [0.1, 0.15) is 65.2 Å². The first-order chi connectivity index (χ1) is 28.9. The Morgan fingerprint density at radius 3 is 1.35 bits per heavy atom. The van der Waals surface area contributed by atoms with Gasteiger partial charge >= 0.3 is 17.9 Å². The molecule has 62 heavy (non-hydrogen) atoms. The van der Waals surface area contributed by atoms with Crippen LogP contribution in [0.3, 0.4) is 0 Å². The average molecular weight is 909 g/mol. The van der Waals surface area contributed by atoms with Gasteiger partial charge in [0.05, 0.1) is 19.6 Å². The number of nitrogens with one attached hydrogen (secondary N) is 7. The molecule has 0 aliphatic heterocycles. The summed E-state index contributed by atoms with van der Waals surface area (Å²) in [6, 6.07) is -13.5. The molecule has 0 aromatic heterocycles. The van der Waals surface area contributed by atoms with E-state index in [0.29, 0.717) is 6.42 Å². The number of aliphatic carboxylic acids is 3. The Hall–Kier alpha value is -6.13. The van der Waals surface area contributed by atoms with Crippen LogP contribution in [0.25, 0.3) is 0 Å². The van der Waals surface area contributed by atoms with Crippen molar-refractivity contribution in [3.8, 4) is 0 Å². The molecular weight excluding hydrogens is 852 g/mol. The molecule has 0 saturated carbocycles. The Kier molecular flexibility index (Phi) is 25.6. The normalized spacial score (nSPS) is 15.2. The van der Waals surface area contributed by atoms with E-state index in [2.05, 4.69) is 39.2 Å². The van der Waals surface area contributed by atoms with E-state index in [0.717, 1.165) is 0 Å².